The van der Waals surface area contributed by atoms with Gasteiger partial charge < -0.3 is 21.1 Å². The molecule has 0 bridgehead atoms. The maximum atomic E-state index is 12.7. The van der Waals surface area contributed by atoms with Gasteiger partial charge in [-0.15, -0.1) is 0 Å². The maximum Gasteiger partial charge on any atom is 0.331 e. The van der Waals surface area contributed by atoms with Gasteiger partial charge in [0.2, 0.25) is 5.91 Å². The minimum absolute atomic E-state index is 0.00716. The van der Waals surface area contributed by atoms with Crippen molar-refractivity contribution in [2.45, 2.75) is 76.9 Å². The fraction of sp³-hybridized carbons (Fsp3) is 0.818. The minimum Gasteiger partial charge on any atom is -0.467 e. The predicted molar refractivity (Wildman–Crippen MR) is 132 cm³/mol. The van der Waals surface area contributed by atoms with Crippen molar-refractivity contribution in [2.24, 2.45) is 11.7 Å². The van der Waals surface area contributed by atoms with Crippen molar-refractivity contribution in [3.05, 3.63) is 12.2 Å². The number of thiol groups is 1. The highest BCUT2D eigenvalue weighted by Crippen LogP contribution is 2.23. The number of hydrogen-bond donors (Lipinski definition) is 4. The highest BCUT2D eigenvalue weighted by Gasteiger charge is 2.39. The van der Waals surface area contributed by atoms with Gasteiger partial charge in [-0.3, -0.25) is 4.79 Å². The van der Waals surface area contributed by atoms with Gasteiger partial charge >= 0.3 is 5.97 Å². The van der Waals surface area contributed by atoms with Crippen LogP contribution >= 0.6 is 24.4 Å². The van der Waals surface area contributed by atoms with E-state index in [9.17, 15) is 9.59 Å². The van der Waals surface area contributed by atoms with E-state index >= 15 is 0 Å². The van der Waals surface area contributed by atoms with Crippen LogP contribution in [-0.2, 0) is 14.3 Å². The van der Waals surface area contributed by atoms with Gasteiger partial charge in [0.15, 0.2) is 0 Å². The van der Waals surface area contributed by atoms with Crippen molar-refractivity contribution in [1.29, 1.82) is 0 Å². The molecule has 0 aliphatic heterocycles. The first-order chi connectivity index (χ1) is 14.3. The molecule has 6 nitrogen and oxygen atoms in total. The second kappa shape index (κ2) is 16.9. The molecule has 0 aliphatic carbocycles. The Kier molecular flexibility index (Phi) is 16.5. The Morgan fingerprint density at radius 1 is 1.30 bits per heavy atom. The average molecular weight is 462 g/mol. The fourth-order valence-corrected chi connectivity index (χ4v) is 3.84. The zero-order valence-corrected chi connectivity index (χ0v) is 21.1. The summed E-state index contributed by atoms with van der Waals surface area (Å²) in [4.78, 5) is 25.3. The maximum absolute atomic E-state index is 12.7. The molecule has 0 aromatic carbocycles. The van der Waals surface area contributed by atoms with Gasteiger partial charge in [-0.2, -0.15) is 24.4 Å². The lowest BCUT2D eigenvalue weighted by Gasteiger charge is -2.32. The van der Waals surface area contributed by atoms with Crippen LogP contribution in [0.4, 0.5) is 0 Å². The van der Waals surface area contributed by atoms with E-state index in [1.54, 1.807) is 11.8 Å². The SMILES string of the molecule is CCCC[C@](CCSC)(NC(=O)C/C=C/[C@@H](NC[C@@H](N)CS)[C@@H](C)CC)C(=O)OC. The highest BCUT2D eigenvalue weighted by atomic mass is 32.2. The third-order valence-electron chi connectivity index (χ3n) is 5.40. The molecule has 30 heavy (non-hydrogen) atoms. The van der Waals surface area contributed by atoms with E-state index in [-0.39, 0.29) is 30.4 Å². The number of esters is 1. The van der Waals surface area contributed by atoms with E-state index in [2.05, 4.69) is 44.0 Å². The summed E-state index contributed by atoms with van der Waals surface area (Å²) < 4.78 is 5.06. The van der Waals surface area contributed by atoms with Crippen LogP contribution in [0.2, 0.25) is 0 Å². The monoisotopic (exact) mass is 461 g/mol. The molecule has 8 heteroatoms. The first-order valence-corrected chi connectivity index (χ1v) is 13.0. The van der Waals surface area contributed by atoms with E-state index in [0.717, 1.165) is 25.0 Å². The van der Waals surface area contributed by atoms with Crippen LogP contribution in [0.1, 0.15) is 59.3 Å². The Balaban J connectivity index is 5.14. The molecule has 0 rings (SSSR count). The number of thioether (sulfide) groups is 1. The minimum atomic E-state index is -0.952. The molecule has 0 heterocycles. The largest absolute Gasteiger partial charge is 0.467 e. The van der Waals surface area contributed by atoms with Crippen molar-refractivity contribution in [2.75, 3.05) is 31.4 Å². The van der Waals surface area contributed by atoms with E-state index in [0.29, 0.717) is 31.1 Å². The molecular formula is C22H43N3O3S2. The summed E-state index contributed by atoms with van der Waals surface area (Å²) in [7, 11) is 1.38. The normalized spacial score (nSPS) is 16.6. The summed E-state index contributed by atoms with van der Waals surface area (Å²) >= 11 is 5.88. The number of carbonyl (C=O) groups excluding carboxylic acids is 2. The molecule has 0 radical (unpaired) electrons. The molecule has 0 aromatic heterocycles. The lowest BCUT2D eigenvalue weighted by Crippen LogP contribution is -2.55. The van der Waals surface area contributed by atoms with Crippen molar-refractivity contribution < 1.29 is 14.3 Å². The van der Waals surface area contributed by atoms with Crippen molar-refractivity contribution >= 4 is 36.3 Å². The Labute approximate surface area is 193 Å². The van der Waals surface area contributed by atoms with Gasteiger partial charge in [0.05, 0.1) is 7.11 Å². The van der Waals surface area contributed by atoms with Gasteiger partial charge in [0, 0.05) is 30.8 Å². The summed E-state index contributed by atoms with van der Waals surface area (Å²) in [5, 5.41) is 6.46. The lowest BCUT2D eigenvalue weighted by molar-refractivity contribution is -0.151. The number of methoxy groups -OCH3 is 1. The first-order valence-electron chi connectivity index (χ1n) is 10.9. The van der Waals surface area contributed by atoms with Gasteiger partial charge in [-0.25, -0.2) is 4.79 Å². The average Bonchev–Trinajstić information content (AvgIpc) is 2.76. The van der Waals surface area contributed by atoms with Crippen LogP contribution < -0.4 is 16.4 Å². The summed E-state index contributed by atoms with van der Waals surface area (Å²) in [5.41, 5.74) is 5.01. The van der Waals surface area contributed by atoms with E-state index in [4.69, 9.17) is 10.5 Å². The number of amides is 1. The van der Waals surface area contributed by atoms with Crippen LogP contribution in [0, 0.1) is 5.92 Å². The van der Waals surface area contributed by atoms with Gasteiger partial charge in [0.25, 0.3) is 0 Å². The molecule has 0 aliphatic rings. The summed E-state index contributed by atoms with van der Waals surface area (Å²) in [5.74, 6) is 1.29. The zero-order valence-electron chi connectivity index (χ0n) is 19.4. The van der Waals surface area contributed by atoms with Crippen LogP contribution in [0.3, 0.4) is 0 Å². The van der Waals surface area contributed by atoms with Gasteiger partial charge in [0.1, 0.15) is 5.54 Å². The molecule has 0 fully saturated rings. The smallest absolute Gasteiger partial charge is 0.331 e. The molecule has 4 N–H and O–H groups in total. The number of ether oxygens (including phenoxy) is 1. The molecule has 1 amide bonds. The molecule has 0 saturated heterocycles. The topological polar surface area (TPSA) is 93.5 Å². The molecule has 176 valence electrons. The standard InChI is InChI=1S/C22H43N3O3S2/c1-6-8-12-22(13-14-30-5,21(27)28-4)25-20(26)11-9-10-19(17(3)7-2)24-15-18(23)16-29/h9-10,17-19,24,29H,6-8,11-16,23H2,1-5H3,(H,25,26)/b10-9+/t17-,18+,19+,22+/m0/s1. The molecule has 0 unspecified atom stereocenters. The first kappa shape index (κ1) is 29.3. The summed E-state index contributed by atoms with van der Waals surface area (Å²) in [6, 6.07) is 0.128. The van der Waals surface area contributed by atoms with E-state index in [1.165, 1.54) is 7.11 Å². The highest BCUT2D eigenvalue weighted by molar-refractivity contribution is 7.98. The number of nitrogens with one attached hydrogen (secondary N) is 2. The molecular weight excluding hydrogens is 418 g/mol. The van der Waals surface area contributed by atoms with Gasteiger partial charge in [-0.05, 0) is 30.8 Å². The predicted octanol–water partition coefficient (Wildman–Crippen LogP) is 3.17. The zero-order chi connectivity index (χ0) is 23.0. The molecule has 0 aromatic rings. The van der Waals surface area contributed by atoms with Crippen molar-refractivity contribution in [3.8, 4) is 0 Å². The van der Waals surface area contributed by atoms with E-state index in [1.807, 2.05) is 18.4 Å². The van der Waals surface area contributed by atoms with Crippen molar-refractivity contribution in [1.82, 2.24) is 10.6 Å². The Morgan fingerprint density at radius 2 is 2.00 bits per heavy atom. The summed E-state index contributed by atoms with van der Waals surface area (Å²) in [6.45, 7) is 7.06. The second-order valence-corrected chi connectivity index (χ2v) is 9.21. The number of unbranched alkanes of at least 4 members (excludes halogenated alkanes) is 1. The quantitative estimate of drug-likeness (QED) is 0.151. The second-order valence-electron chi connectivity index (χ2n) is 7.86. The van der Waals surface area contributed by atoms with Crippen LogP contribution in [0.15, 0.2) is 12.2 Å². The lowest BCUT2D eigenvalue weighted by atomic mass is 9.89. The van der Waals surface area contributed by atoms with E-state index < -0.39 is 5.54 Å². The Morgan fingerprint density at radius 3 is 2.53 bits per heavy atom. The Hall–Kier alpha value is -0.700. The van der Waals surface area contributed by atoms with Crippen LogP contribution in [0.5, 0.6) is 0 Å². The molecule has 4 atom stereocenters. The molecule has 0 saturated carbocycles. The Bertz CT molecular complexity index is 510. The number of rotatable bonds is 17. The number of hydrogen-bond acceptors (Lipinski definition) is 7. The van der Waals surface area contributed by atoms with Crippen molar-refractivity contribution in [3.63, 3.8) is 0 Å². The van der Waals surface area contributed by atoms with Crippen LogP contribution in [-0.4, -0.2) is 60.9 Å². The number of carbonyl (C=O) groups is 2. The number of nitrogens with two attached hydrogens (primary N) is 1. The summed E-state index contributed by atoms with van der Waals surface area (Å²) in [6.07, 6.45) is 10.1. The third-order valence-corrected chi connectivity index (χ3v) is 6.48. The molecule has 0 spiro atoms. The van der Waals surface area contributed by atoms with Gasteiger partial charge in [-0.1, -0.05) is 52.2 Å². The van der Waals surface area contributed by atoms with Crippen LogP contribution in [0.25, 0.3) is 0 Å². The third kappa shape index (κ3) is 11.1. The fourth-order valence-electron chi connectivity index (χ4n) is 3.16.